The lowest BCUT2D eigenvalue weighted by Gasteiger charge is -2.12. The number of methoxy groups -OCH3 is 1. The standard InChI is InChI=1S/C19H14Cl3NO4S/c1-9-5-13(14(26-2)7-12(9)21)23-16(24)8-27-19(25)18-17(22)11-4-3-10(20)6-15(11)28-18/h3-7H,8H2,1-2H3,(H,23,24). The summed E-state index contributed by atoms with van der Waals surface area (Å²) >= 11 is 19.4. The van der Waals surface area contributed by atoms with Crippen molar-refractivity contribution < 1.29 is 19.1 Å². The summed E-state index contributed by atoms with van der Waals surface area (Å²) in [6, 6.07) is 8.40. The van der Waals surface area contributed by atoms with E-state index in [2.05, 4.69) is 5.32 Å². The van der Waals surface area contributed by atoms with Crippen molar-refractivity contribution in [3.8, 4) is 5.75 Å². The van der Waals surface area contributed by atoms with Crippen LogP contribution in [0.1, 0.15) is 15.2 Å². The first-order chi connectivity index (χ1) is 13.3. The number of aryl methyl sites for hydroxylation is 1. The molecule has 1 amide bonds. The Balaban J connectivity index is 1.69. The predicted molar refractivity (Wildman–Crippen MR) is 113 cm³/mol. The lowest BCUT2D eigenvalue weighted by Crippen LogP contribution is -2.21. The Morgan fingerprint density at radius 3 is 2.61 bits per heavy atom. The molecule has 0 atom stereocenters. The van der Waals surface area contributed by atoms with Crippen LogP contribution in [-0.2, 0) is 9.53 Å². The van der Waals surface area contributed by atoms with E-state index in [4.69, 9.17) is 44.3 Å². The number of fused-ring (bicyclic) bond motifs is 1. The Labute approximate surface area is 180 Å². The number of amides is 1. The molecule has 9 heteroatoms. The highest BCUT2D eigenvalue weighted by atomic mass is 35.5. The van der Waals surface area contributed by atoms with Gasteiger partial charge in [-0.05, 0) is 30.7 Å². The van der Waals surface area contributed by atoms with Gasteiger partial charge in [0.05, 0.1) is 17.8 Å². The first-order valence-electron chi connectivity index (χ1n) is 7.98. The summed E-state index contributed by atoms with van der Waals surface area (Å²) in [4.78, 5) is 24.8. The molecule has 0 saturated carbocycles. The molecule has 0 aliphatic heterocycles. The molecule has 0 bridgehead atoms. The molecule has 0 spiro atoms. The average Bonchev–Trinajstić information content (AvgIpc) is 2.98. The molecule has 0 aliphatic rings. The number of hydrogen-bond donors (Lipinski definition) is 1. The number of anilines is 1. The number of ether oxygens (including phenoxy) is 2. The number of carbonyl (C=O) groups excluding carboxylic acids is 2. The van der Waals surface area contributed by atoms with Crippen LogP contribution in [0.5, 0.6) is 5.75 Å². The van der Waals surface area contributed by atoms with Gasteiger partial charge in [-0.3, -0.25) is 4.79 Å². The molecule has 1 aromatic heterocycles. The van der Waals surface area contributed by atoms with Crippen LogP contribution in [0.3, 0.4) is 0 Å². The minimum absolute atomic E-state index is 0.214. The number of benzene rings is 2. The minimum atomic E-state index is -0.684. The zero-order valence-electron chi connectivity index (χ0n) is 14.8. The third-order valence-electron chi connectivity index (χ3n) is 3.87. The van der Waals surface area contributed by atoms with Crippen LogP contribution in [-0.4, -0.2) is 25.6 Å². The van der Waals surface area contributed by atoms with Crippen LogP contribution in [0.4, 0.5) is 5.69 Å². The summed E-state index contributed by atoms with van der Waals surface area (Å²) in [5.74, 6) is -0.801. The lowest BCUT2D eigenvalue weighted by atomic mass is 10.2. The molecule has 0 fully saturated rings. The SMILES string of the molecule is COc1cc(Cl)c(C)cc1NC(=O)COC(=O)c1sc2cc(Cl)ccc2c1Cl. The van der Waals surface area contributed by atoms with Gasteiger partial charge in [-0.25, -0.2) is 4.79 Å². The summed E-state index contributed by atoms with van der Waals surface area (Å²) in [6.45, 7) is 1.32. The third kappa shape index (κ3) is 4.36. The molecule has 0 saturated heterocycles. The molecule has 0 radical (unpaired) electrons. The number of rotatable bonds is 5. The fraction of sp³-hybridized carbons (Fsp3) is 0.158. The van der Waals surface area contributed by atoms with E-state index in [1.807, 2.05) is 0 Å². The topological polar surface area (TPSA) is 64.6 Å². The van der Waals surface area contributed by atoms with E-state index >= 15 is 0 Å². The average molecular weight is 459 g/mol. The van der Waals surface area contributed by atoms with Crippen LogP contribution >= 0.6 is 46.1 Å². The van der Waals surface area contributed by atoms with Crippen LogP contribution in [0.25, 0.3) is 10.1 Å². The number of nitrogens with one attached hydrogen (secondary N) is 1. The maximum absolute atomic E-state index is 12.3. The zero-order valence-corrected chi connectivity index (χ0v) is 17.9. The van der Waals surface area contributed by atoms with E-state index in [-0.39, 0.29) is 9.90 Å². The third-order valence-corrected chi connectivity index (χ3v) is 6.15. The zero-order chi connectivity index (χ0) is 20.4. The van der Waals surface area contributed by atoms with Crippen molar-refractivity contribution in [1.82, 2.24) is 0 Å². The normalized spacial score (nSPS) is 10.8. The van der Waals surface area contributed by atoms with Gasteiger partial charge in [0, 0.05) is 26.2 Å². The second-order valence-corrected chi connectivity index (χ2v) is 8.09. The maximum Gasteiger partial charge on any atom is 0.350 e. The Morgan fingerprint density at radius 1 is 1.14 bits per heavy atom. The van der Waals surface area contributed by atoms with Gasteiger partial charge in [-0.1, -0.05) is 40.9 Å². The molecule has 0 aliphatic carbocycles. The molecule has 5 nitrogen and oxygen atoms in total. The van der Waals surface area contributed by atoms with Gasteiger partial charge in [0.25, 0.3) is 5.91 Å². The van der Waals surface area contributed by atoms with Gasteiger partial charge in [0.15, 0.2) is 6.61 Å². The predicted octanol–water partition coefficient (Wildman–Crippen LogP) is 5.97. The monoisotopic (exact) mass is 457 g/mol. The van der Waals surface area contributed by atoms with Gasteiger partial charge >= 0.3 is 5.97 Å². The van der Waals surface area contributed by atoms with Gasteiger partial charge in [-0.2, -0.15) is 0 Å². The molecule has 0 unspecified atom stereocenters. The van der Waals surface area contributed by atoms with Crippen molar-refractivity contribution in [1.29, 1.82) is 0 Å². The van der Waals surface area contributed by atoms with Gasteiger partial charge < -0.3 is 14.8 Å². The fourth-order valence-electron chi connectivity index (χ4n) is 2.48. The van der Waals surface area contributed by atoms with Gasteiger partial charge in [0.1, 0.15) is 10.6 Å². The molecular weight excluding hydrogens is 445 g/mol. The number of hydrogen-bond acceptors (Lipinski definition) is 5. The van der Waals surface area contributed by atoms with E-state index in [1.165, 1.54) is 7.11 Å². The van der Waals surface area contributed by atoms with E-state index < -0.39 is 18.5 Å². The van der Waals surface area contributed by atoms with E-state index in [9.17, 15) is 9.59 Å². The molecule has 2 aromatic carbocycles. The number of esters is 1. The summed E-state index contributed by atoms with van der Waals surface area (Å²) in [5, 5.41) is 4.67. The first kappa shape index (κ1) is 20.7. The van der Waals surface area contributed by atoms with Gasteiger partial charge in [-0.15, -0.1) is 11.3 Å². The number of halogens is 3. The molecule has 28 heavy (non-hydrogen) atoms. The van der Waals surface area contributed by atoms with Crippen LogP contribution in [0.15, 0.2) is 30.3 Å². The highest BCUT2D eigenvalue weighted by molar-refractivity contribution is 7.21. The Kier molecular flexibility index (Phi) is 6.35. The van der Waals surface area contributed by atoms with Crippen molar-refractivity contribution in [3.63, 3.8) is 0 Å². The highest BCUT2D eigenvalue weighted by Crippen LogP contribution is 2.37. The van der Waals surface area contributed by atoms with E-state index in [1.54, 1.807) is 37.3 Å². The Hall–Kier alpha value is -1.99. The molecule has 1 heterocycles. The molecular formula is C19H14Cl3NO4S. The van der Waals surface area contributed by atoms with Crippen molar-refractivity contribution in [3.05, 3.63) is 55.8 Å². The number of thiophene rings is 1. The molecule has 3 rings (SSSR count). The molecule has 1 N–H and O–H groups in total. The second kappa shape index (κ2) is 8.57. The van der Waals surface area contributed by atoms with Crippen LogP contribution < -0.4 is 10.1 Å². The summed E-state index contributed by atoms with van der Waals surface area (Å²) in [7, 11) is 1.46. The van der Waals surface area contributed by atoms with E-state index in [0.717, 1.165) is 21.6 Å². The molecule has 146 valence electrons. The first-order valence-corrected chi connectivity index (χ1v) is 9.94. The fourth-order valence-corrected chi connectivity index (χ4v) is 4.31. The largest absolute Gasteiger partial charge is 0.495 e. The Morgan fingerprint density at radius 2 is 1.89 bits per heavy atom. The van der Waals surface area contributed by atoms with E-state index in [0.29, 0.717) is 26.9 Å². The summed E-state index contributed by atoms with van der Waals surface area (Å²) in [6.07, 6.45) is 0. The quantitative estimate of drug-likeness (QED) is 0.478. The van der Waals surface area contributed by atoms with Crippen molar-refractivity contribution >= 4 is 73.8 Å². The van der Waals surface area contributed by atoms with Crippen LogP contribution in [0.2, 0.25) is 15.1 Å². The summed E-state index contributed by atoms with van der Waals surface area (Å²) < 4.78 is 11.1. The molecule has 3 aromatic rings. The number of carbonyl (C=O) groups is 2. The smallest absolute Gasteiger partial charge is 0.350 e. The second-order valence-electron chi connectivity index (χ2n) is 5.81. The minimum Gasteiger partial charge on any atom is -0.495 e. The van der Waals surface area contributed by atoms with Crippen LogP contribution in [0, 0.1) is 6.92 Å². The van der Waals surface area contributed by atoms with Crippen molar-refractivity contribution in [2.45, 2.75) is 6.92 Å². The Bertz CT molecular complexity index is 1080. The maximum atomic E-state index is 12.3. The van der Waals surface area contributed by atoms with Crippen molar-refractivity contribution in [2.75, 3.05) is 19.0 Å². The highest BCUT2D eigenvalue weighted by Gasteiger charge is 2.20. The lowest BCUT2D eigenvalue weighted by molar-refractivity contribution is -0.119. The van der Waals surface area contributed by atoms with Crippen molar-refractivity contribution in [2.24, 2.45) is 0 Å². The summed E-state index contributed by atoms with van der Waals surface area (Å²) in [5.41, 5.74) is 1.20. The van der Waals surface area contributed by atoms with Gasteiger partial charge in [0.2, 0.25) is 0 Å².